The van der Waals surface area contributed by atoms with Crippen molar-refractivity contribution in [1.29, 1.82) is 0 Å². The SMILES string of the molecule is O=C(c1ccc(F)cc1)c1ccccc1C(=O)N1CCN(Cc2nc3scc(-c4cccs4)c3c(=O)[nH]2)CC1. The summed E-state index contributed by atoms with van der Waals surface area (Å²) < 4.78 is 13.3. The van der Waals surface area contributed by atoms with E-state index in [1.165, 1.54) is 35.6 Å². The Bertz CT molecular complexity index is 1720. The fourth-order valence-electron chi connectivity index (χ4n) is 4.80. The van der Waals surface area contributed by atoms with E-state index in [1.807, 2.05) is 22.9 Å². The Morgan fingerprint density at radius 2 is 1.67 bits per heavy atom. The van der Waals surface area contributed by atoms with Gasteiger partial charge in [-0.3, -0.25) is 19.3 Å². The third-order valence-corrected chi connectivity index (χ3v) is 8.60. The van der Waals surface area contributed by atoms with Gasteiger partial charge < -0.3 is 9.88 Å². The van der Waals surface area contributed by atoms with E-state index >= 15 is 0 Å². The normalized spacial score (nSPS) is 14.1. The lowest BCUT2D eigenvalue weighted by molar-refractivity contribution is 0.0622. The molecule has 3 aromatic heterocycles. The van der Waals surface area contributed by atoms with Gasteiger partial charge in [-0.15, -0.1) is 22.7 Å². The third-order valence-electron chi connectivity index (χ3n) is 6.82. The number of aromatic nitrogens is 2. The lowest BCUT2D eigenvalue weighted by atomic mass is 9.97. The molecule has 0 unspecified atom stereocenters. The summed E-state index contributed by atoms with van der Waals surface area (Å²) in [4.78, 5) is 52.7. The summed E-state index contributed by atoms with van der Waals surface area (Å²) in [5.41, 5.74) is 1.72. The van der Waals surface area contributed by atoms with Gasteiger partial charge in [-0.05, 0) is 41.8 Å². The number of piperazine rings is 1. The zero-order valence-corrected chi connectivity index (χ0v) is 22.4. The molecule has 0 atom stereocenters. The highest BCUT2D eigenvalue weighted by molar-refractivity contribution is 7.18. The van der Waals surface area contributed by atoms with Crippen molar-refractivity contribution in [2.24, 2.45) is 0 Å². The summed E-state index contributed by atoms with van der Waals surface area (Å²) in [6, 6.07) is 16.0. The Morgan fingerprint density at radius 3 is 2.38 bits per heavy atom. The first-order valence-electron chi connectivity index (χ1n) is 12.4. The molecule has 5 aromatic rings. The largest absolute Gasteiger partial charge is 0.336 e. The highest BCUT2D eigenvalue weighted by Crippen LogP contribution is 2.33. The predicted molar refractivity (Wildman–Crippen MR) is 151 cm³/mol. The van der Waals surface area contributed by atoms with Gasteiger partial charge >= 0.3 is 0 Å². The van der Waals surface area contributed by atoms with E-state index in [0.717, 1.165) is 10.4 Å². The molecule has 39 heavy (non-hydrogen) atoms. The van der Waals surface area contributed by atoms with Crippen LogP contribution >= 0.6 is 22.7 Å². The average molecular weight is 559 g/mol. The van der Waals surface area contributed by atoms with Crippen LogP contribution in [0.3, 0.4) is 0 Å². The average Bonchev–Trinajstić information content (AvgIpc) is 3.64. The summed E-state index contributed by atoms with van der Waals surface area (Å²) in [5, 5.41) is 4.59. The molecule has 4 heterocycles. The van der Waals surface area contributed by atoms with Crippen LogP contribution < -0.4 is 5.56 Å². The third kappa shape index (κ3) is 5.06. The van der Waals surface area contributed by atoms with Gasteiger partial charge in [-0.25, -0.2) is 9.37 Å². The van der Waals surface area contributed by atoms with Crippen LogP contribution in [0.2, 0.25) is 0 Å². The number of amides is 1. The Kier molecular flexibility index (Phi) is 6.90. The van der Waals surface area contributed by atoms with Crippen LogP contribution in [0, 0.1) is 5.82 Å². The molecule has 6 rings (SSSR count). The number of ketones is 1. The van der Waals surface area contributed by atoms with E-state index in [1.54, 1.807) is 40.5 Å². The minimum atomic E-state index is -0.425. The fourth-order valence-corrected chi connectivity index (χ4v) is 6.58. The second-order valence-corrected chi connectivity index (χ2v) is 11.1. The first-order valence-corrected chi connectivity index (χ1v) is 14.2. The quantitative estimate of drug-likeness (QED) is 0.295. The Balaban J connectivity index is 1.14. The van der Waals surface area contributed by atoms with Gasteiger partial charge in [-0.2, -0.15) is 0 Å². The van der Waals surface area contributed by atoms with Gasteiger partial charge in [-0.1, -0.05) is 24.3 Å². The number of hydrogen-bond donors (Lipinski definition) is 1. The number of halogens is 1. The standard InChI is InChI=1S/C29H23FN4O3S2/c30-19-9-7-18(8-10-19)26(35)20-4-1-2-5-21(20)29(37)34-13-11-33(12-14-34)16-24-31-27(36)25-22(17-39-28(25)32-24)23-6-3-15-38-23/h1-10,15,17H,11-14,16H2,(H,31,32,36). The molecule has 196 valence electrons. The molecule has 2 aromatic carbocycles. The van der Waals surface area contributed by atoms with E-state index < -0.39 is 5.82 Å². The molecule has 1 N–H and O–H groups in total. The molecule has 7 nitrogen and oxygen atoms in total. The van der Waals surface area contributed by atoms with Gasteiger partial charge in [0.05, 0.1) is 17.5 Å². The fraction of sp³-hybridized carbons (Fsp3) is 0.172. The second kappa shape index (κ2) is 10.6. The number of nitrogens with zero attached hydrogens (tertiary/aromatic N) is 3. The number of aromatic amines is 1. The smallest absolute Gasteiger partial charge is 0.260 e. The first kappa shape index (κ1) is 25.3. The highest BCUT2D eigenvalue weighted by atomic mass is 32.1. The van der Waals surface area contributed by atoms with Crippen molar-refractivity contribution in [2.75, 3.05) is 26.2 Å². The van der Waals surface area contributed by atoms with Gasteiger partial charge in [0.15, 0.2) is 5.78 Å². The van der Waals surface area contributed by atoms with E-state index in [2.05, 4.69) is 9.88 Å². The van der Waals surface area contributed by atoms with Crippen LogP contribution in [-0.2, 0) is 6.54 Å². The molecule has 1 aliphatic heterocycles. The molecular weight excluding hydrogens is 535 g/mol. The van der Waals surface area contributed by atoms with Crippen LogP contribution in [0.25, 0.3) is 20.7 Å². The molecular formula is C29H23FN4O3S2. The Hall–Kier alpha value is -3.99. The minimum Gasteiger partial charge on any atom is -0.336 e. The number of fused-ring (bicyclic) bond motifs is 1. The number of hydrogen-bond acceptors (Lipinski definition) is 7. The van der Waals surface area contributed by atoms with Crippen molar-refractivity contribution < 1.29 is 14.0 Å². The summed E-state index contributed by atoms with van der Waals surface area (Å²) in [7, 11) is 0. The van der Waals surface area contributed by atoms with E-state index in [-0.39, 0.29) is 17.2 Å². The van der Waals surface area contributed by atoms with Crippen molar-refractivity contribution in [3.63, 3.8) is 0 Å². The van der Waals surface area contributed by atoms with Crippen molar-refractivity contribution in [3.8, 4) is 10.4 Å². The monoisotopic (exact) mass is 558 g/mol. The van der Waals surface area contributed by atoms with Crippen LogP contribution in [0.5, 0.6) is 0 Å². The maximum Gasteiger partial charge on any atom is 0.260 e. The molecule has 0 saturated carbocycles. The van der Waals surface area contributed by atoms with Gasteiger partial charge in [0, 0.05) is 53.1 Å². The maximum absolute atomic E-state index is 13.4. The number of benzene rings is 2. The van der Waals surface area contributed by atoms with E-state index in [0.29, 0.717) is 65.5 Å². The lowest BCUT2D eigenvalue weighted by Gasteiger charge is -2.34. The predicted octanol–water partition coefficient (Wildman–Crippen LogP) is 5.04. The molecule has 1 saturated heterocycles. The number of thiophene rings is 2. The van der Waals surface area contributed by atoms with Crippen molar-refractivity contribution in [2.45, 2.75) is 6.54 Å². The topological polar surface area (TPSA) is 86.4 Å². The summed E-state index contributed by atoms with van der Waals surface area (Å²) in [5.74, 6) is -0.360. The second-order valence-electron chi connectivity index (χ2n) is 9.27. The summed E-state index contributed by atoms with van der Waals surface area (Å²) in [6.45, 7) is 2.63. The number of H-pyrrole nitrogens is 1. The zero-order chi connectivity index (χ0) is 26.9. The minimum absolute atomic E-state index is 0.143. The molecule has 0 spiro atoms. The zero-order valence-electron chi connectivity index (χ0n) is 20.7. The number of rotatable bonds is 6. The van der Waals surface area contributed by atoms with E-state index in [9.17, 15) is 18.8 Å². The molecule has 1 amide bonds. The van der Waals surface area contributed by atoms with Crippen molar-refractivity contribution in [3.05, 3.63) is 110 Å². The van der Waals surface area contributed by atoms with Gasteiger partial charge in [0.2, 0.25) is 0 Å². The van der Waals surface area contributed by atoms with Crippen LogP contribution in [0.4, 0.5) is 4.39 Å². The van der Waals surface area contributed by atoms with Gasteiger partial charge in [0.25, 0.3) is 11.5 Å². The van der Waals surface area contributed by atoms with Crippen LogP contribution in [0.1, 0.15) is 32.1 Å². The number of carbonyl (C=O) groups is 2. The Morgan fingerprint density at radius 1 is 0.923 bits per heavy atom. The summed E-state index contributed by atoms with van der Waals surface area (Å²) >= 11 is 3.06. The van der Waals surface area contributed by atoms with Crippen molar-refractivity contribution >= 4 is 44.6 Å². The van der Waals surface area contributed by atoms with E-state index in [4.69, 9.17) is 4.98 Å². The Labute approximate surface area is 231 Å². The molecule has 10 heteroatoms. The molecule has 0 bridgehead atoms. The van der Waals surface area contributed by atoms with Crippen LogP contribution in [-0.4, -0.2) is 57.6 Å². The first-order chi connectivity index (χ1) is 19.0. The molecule has 0 radical (unpaired) electrons. The van der Waals surface area contributed by atoms with Gasteiger partial charge in [0.1, 0.15) is 16.5 Å². The van der Waals surface area contributed by atoms with Crippen molar-refractivity contribution in [1.82, 2.24) is 19.8 Å². The van der Waals surface area contributed by atoms with Crippen LogP contribution in [0.15, 0.2) is 76.2 Å². The number of nitrogens with one attached hydrogen (secondary N) is 1. The molecule has 0 aliphatic carbocycles. The summed E-state index contributed by atoms with van der Waals surface area (Å²) in [6.07, 6.45) is 0. The lowest BCUT2D eigenvalue weighted by Crippen LogP contribution is -2.48. The highest BCUT2D eigenvalue weighted by Gasteiger charge is 2.26. The molecule has 1 fully saturated rings. The maximum atomic E-state index is 13.4. The number of carbonyl (C=O) groups excluding carboxylic acids is 2. The molecule has 1 aliphatic rings.